The van der Waals surface area contributed by atoms with Crippen LogP contribution in [0.4, 0.5) is 0 Å². The molecule has 0 unspecified atom stereocenters. The van der Waals surface area contributed by atoms with Gasteiger partial charge in [-0.25, -0.2) is 0 Å². The molecule has 0 aromatic heterocycles. The standard InChI is InChI=1S/C15H24O/c1-10-12(16)9-8-11(14(2,3)4)13(10)15(5,6)7/h8-9,16H,1-7H3. The average Bonchev–Trinajstić information content (AvgIpc) is 2.05. The largest absolute Gasteiger partial charge is 0.508 e. The molecule has 0 radical (unpaired) electrons. The van der Waals surface area contributed by atoms with Crippen LogP contribution in [0.1, 0.15) is 58.2 Å². The fourth-order valence-electron chi connectivity index (χ4n) is 2.29. The normalized spacial score (nSPS) is 12.9. The van der Waals surface area contributed by atoms with Gasteiger partial charge in [0, 0.05) is 0 Å². The van der Waals surface area contributed by atoms with Crippen LogP contribution in [0.25, 0.3) is 0 Å². The number of benzene rings is 1. The summed E-state index contributed by atoms with van der Waals surface area (Å²) in [4.78, 5) is 0. The van der Waals surface area contributed by atoms with Gasteiger partial charge in [-0.2, -0.15) is 0 Å². The Balaban J connectivity index is 3.59. The van der Waals surface area contributed by atoms with Gasteiger partial charge >= 0.3 is 0 Å². The molecule has 0 aliphatic rings. The van der Waals surface area contributed by atoms with Gasteiger partial charge in [-0.1, -0.05) is 47.6 Å². The fourth-order valence-corrected chi connectivity index (χ4v) is 2.29. The molecule has 16 heavy (non-hydrogen) atoms. The molecule has 90 valence electrons. The van der Waals surface area contributed by atoms with E-state index in [9.17, 15) is 5.11 Å². The molecule has 1 nitrogen and oxygen atoms in total. The molecule has 0 aliphatic heterocycles. The van der Waals surface area contributed by atoms with E-state index in [4.69, 9.17) is 0 Å². The zero-order valence-corrected chi connectivity index (χ0v) is 11.6. The van der Waals surface area contributed by atoms with Gasteiger partial charge in [-0.3, -0.25) is 0 Å². The second-order valence-corrected chi connectivity index (χ2v) is 6.63. The van der Waals surface area contributed by atoms with E-state index in [0.29, 0.717) is 5.75 Å². The molecule has 0 saturated carbocycles. The molecule has 0 amide bonds. The third kappa shape index (κ3) is 2.40. The minimum absolute atomic E-state index is 0.0609. The van der Waals surface area contributed by atoms with Gasteiger partial charge in [-0.15, -0.1) is 0 Å². The van der Waals surface area contributed by atoms with E-state index in [1.165, 1.54) is 11.1 Å². The molecule has 0 atom stereocenters. The number of aromatic hydroxyl groups is 1. The highest BCUT2D eigenvalue weighted by atomic mass is 16.3. The molecule has 1 heteroatoms. The van der Waals surface area contributed by atoms with Gasteiger partial charge < -0.3 is 5.11 Å². The molecule has 1 aromatic rings. The smallest absolute Gasteiger partial charge is 0.118 e. The van der Waals surface area contributed by atoms with E-state index in [2.05, 4.69) is 47.6 Å². The summed E-state index contributed by atoms with van der Waals surface area (Å²) in [6, 6.07) is 3.87. The van der Waals surface area contributed by atoms with Crippen molar-refractivity contribution >= 4 is 0 Å². The lowest BCUT2D eigenvalue weighted by Crippen LogP contribution is -2.23. The Kier molecular flexibility index (Phi) is 3.11. The van der Waals surface area contributed by atoms with E-state index in [1.807, 2.05) is 13.0 Å². The van der Waals surface area contributed by atoms with Crippen LogP contribution < -0.4 is 0 Å². The van der Waals surface area contributed by atoms with Gasteiger partial charge in [-0.05, 0) is 40.5 Å². The number of phenols is 1. The molecule has 1 rings (SSSR count). The summed E-state index contributed by atoms with van der Waals surface area (Å²) in [5.74, 6) is 0.401. The van der Waals surface area contributed by atoms with Crippen molar-refractivity contribution in [3.05, 3.63) is 28.8 Å². The van der Waals surface area contributed by atoms with Crippen LogP contribution in [0, 0.1) is 6.92 Å². The summed E-state index contributed by atoms with van der Waals surface area (Å²) < 4.78 is 0. The summed E-state index contributed by atoms with van der Waals surface area (Å²) in [6.45, 7) is 15.2. The predicted octanol–water partition coefficient (Wildman–Crippen LogP) is 4.30. The SMILES string of the molecule is Cc1c(O)ccc(C(C)(C)C)c1C(C)(C)C. The van der Waals surface area contributed by atoms with E-state index < -0.39 is 0 Å². The van der Waals surface area contributed by atoms with Gasteiger partial charge in [0.2, 0.25) is 0 Å². The summed E-state index contributed by atoms with van der Waals surface area (Å²) in [7, 11) is 0. The number of hydrogen-bond donors (Lipinski definition) is 1. The highest BCUT2D eigenvalue weighted by molar-refractivity contribution is 5.49. The molecule has 0 saturated heterocycles. The summed E-state index contributed by atoms with van der Waals surface area (Å²) in [5, 5.41) is 9.85. The van der Waals surface area contributed by atoms with E-state index >= 15 is 0 Å². The van der Waals surface area contributed by atoms with Crippen LogP contribution >= 0.6 is 0 Å². The van der Waals surface area contributed by atoms with Crippen LogP contribution in [-0.2, 0) is 10.8 Å². The van der Waals surface area contributed by atoms with Crippen molar-refractivity contribution in [1.82, 2.24) is 0 Å². The highest BCUT2D eigenvalue weighted by Gasteiger charge is 2.27. The first kappa shape index (κ1) is 13.1. The van der Waals surface area contributed by atoms with Gasteiger partial charge in [0.25, 0.3) is 0 Å². The van der Waals surface area contributed by atoms with Crippen LogP contribution in [0.2, 0.25) is 0 Å². The first-order valence-electron chi connectivity index (χ1n) is 5.88. The average molecular weight is 220 g/mol. The molecule has 0 bridgehead atoms. The maximum absolute atomic E-state index is 9.85. The van der Waals surface area contributed by atoms with Crippen LogP contribution in [0.3, 0.4) is 0 Å². The van der Waals surface area contributed by atoms with Gasteiger partial charge in [0.05, 0.1) is 0 Å². The highest BCUT2D eigenvalue weighted by Crippen LogP contribution is 2.38. The van der Waals surface area contributed by atoms with Crippen molar-refractivity contribution in [3.63, 3.8) is 0 Å². The topological polar surface area (TPSA) is 20.2 Å². The Labute approximate surface area is 99.5 Å². The number of hydrogen-bond acceptors (Lipinski definition) is 1. The Morgan fingerprint density at radius 2 is 1.38 bits per heavy atom. The van der Waals surface area contributed by atoms with Gasteiger partial charge in [0.15, 0.2) is 0 Å². The molecular formula is C15H24O. The molecular weight excluding hydrogens is 196 g/mol. The van der Waals surface area contributed by atoms with Crippen molar-refractivity contribution in [2.45, 2.75) is 59.3 Å². The summed E-state index contributed by atoms with van der Waals surface area (Å²) in [6.07, 6.45) is 0. The van der Waals surface area contributed by atoms with Crippen molar-refractivity contribution in [1.29, 1.82) is 0 Å². The lowest BCUT2D eigenvalue weighted by molar-refractivity contribution is 0.460. The molecule has 0 heterocycles. The monoisotopic (exact) mass is 220 g/mol. The van der Waals surface area contributed by atoms with Crippen LogP contribution in [0.5, 0.6) is 5.75 Å². The molecule has 0 aliphatic carbocycles. The Hall–Kier alpha value is -0.980. The van der Waals surface area contributed by atoms with Crippen molar-refractivity contribution in [3.8, 4) is 5.75 Å². The minimum Gasteiger partial charge on any atom is -0.508 e. The Bertz CT molecular complexity index is 389. The second-order valence-electron chi connectivity index (χ2n) is 6.63. The molecule has 0 spiro atoms. The maximum Gasteiger partial charge on any atom is 0.118 e. The first-order valence-corrected chi connectivity index (χ1v) is 5.88. The first-order chi connectivity index (χ1) is 7.05. The van der Waals surface area contributed by atoms with Crippen molar-refractivity contribution in [2.24, 2.45) is 0 Å². The van der Waals surface area contributed by atoms with Crippen molar-refractivity contribution < 1.29 is 5.11 Å². The Morgan fingerprint density at radius 1 is 0.875 bits per heavy atom. The third-order valence-corrected chi connectivity index (χ3v) is 2.99. The quantitative estimate of drug-likeness (QED) is 0.691. The van der Waals surface area contributed by atoms with E-state index in [0.717, 1.165) is 5.56 Å². The Morgan fingerprint density at radius 3 is 1.75 bits per heavy atom. The molecule has 1 aromatic carbocycles. The lowest BCUT2D eigenvalue weighted by atomic mass is 9.73. The second kappa shape index (κ2) is 3.80. The summed E-state index contributed by atoms with van der Waals surface area (Å²) >= 11 is 0. The zero-order chi connectivity index (χ0) is 12.7. The predicted molar refractivity (Wildman–Crippen MR) is 70.2 cm³/mol. The van der Waals surface area contributed by atoms with Crippen LogP contribution in [0.15, 0.2) is 12.1 Å². The molecule has 1 N–H and O–H groups in total. The van der Waals surface area contributed by atoms with Crippen molar-refractivity contribution in [2.75, 3.05) is 0 Å². The number of rotatable bonds is 0. The summed E-state index contributed by atoms with van der Waals surface area (Å²) in [5.41, 5.74) is 3.79. The maximum atomic E-state index is 9.85. The van der Waals surface area contributed by atoms with Crippen LogP contribution in [-0.4, -0.2) is 5.11 Å². The zero-order valence-electron chi connectivity index (χ0n) is 11.6. The minimum atomic E-state index is 0.0609. The van der Waals surface area contributed by atoms with Gasteiger partial charge in [0.1, 0.15) is 5.75 Å². The fraction of sp³-hybridized carbons (Fsp3) is 0.600. The third-order valence-electron chi connectivity index (χ3n) is 2.99. The molecule has 0 fully saturated rings. The lowest BCUT2D eigenvalue weighted by Gasteiger charge is -2.32. The van der Waals surface area contributed by atoms with E-state index in [1.54, 1.807) is 0 Å². The number of phenolic OH excluding ortho intramolecular Hbond substituents is 1. The van der Waals surface area contributed by atoms with E-state index in [-0.39, 0.29) is 10.8 Å².